The van der Waals surface area contributed by atoms with Gasteiger partial charge >= 0.3 is 6.18 Å². The molecular weight excluding hydrogens is 387 g/mol. The van der Waals surface area contributed by atoms with E-state index in [1.807, 2.05) is 0 Å². The minimum absolute atomic E-state index is 0. The molecule has 3 nitrogen and oxygen atoms in total. The monoisotopic (exact) mass is 409 g/mol. The molecule has 4 rings (SSSR count). The molecule has 3 aromatic rings. The number of likely N-dealkylation sites (N-methyl/N-ethyl adjacent to an activating group) is 1. The molecule has 0 bridgehead atoms. The molecule has 0 N–H and O–H groups in total. The van der Waals surface area contributed by atoms with Crippen LogP contribution in [-0.2, 0) is 32.1 Å². The number of alkyl halides is 3. The Hall–Kier alpha value is -2.05. The number of pyridine rings is 1. The topological polar surface area (TPSA) is 21.1 Å². The Morgan fingerprint density at radius 1 is 1.14 bits per heavy atom. The van der Waals surface area contributed by atoms with E-state index in [1.165, 1.54) is 40.0 Å². The van der Waals surface area contributed by atoms with E-state index in [2.05, 4.69) is 46.6 Å². The summed E-state index contributed by atoms with van der Waals surface area (Å²) in [6.07, 6.45) is -1.40. The van der Waals surface area contributed by atoms with E-state index in [1.54, 1.807) is 0 Å². The molecular formula is C21H23ClF3N3. The average molecular weight is 410 g/mol. The summed E-state index contributed by atoms with van der Waals surface area (Å²) in [5.41, 5.74) is 5.16. The lowest BCUT2D eigenvalue weighted by atomic mass is 10.0. The number of fused-ring (bicyclic) bond motifs is 3. The summed E-state index contributed by atoms with van der Waals surface area (Å²) in [5, 5.41) is 1.29. The maximum atomic E-state index is 12.7. The Morgan fingerprint density at radius 2 is 1.93 bits per heavy atom. The van der Waals surface area contributed by atoms with Gasteiger partial charge in [0.2, 0.25) is 0 Å². The van der Waals surface area contributed by atoms with Gasteiger partial charge in [-0.2, -0.15) is 13.2 Å². The van der Waals surface area contributed by atoms with Crippen molar-refractivity contribution in [1.82, 2.24) is 14.5 Å². The van der Waals surface area contributed by atoms with Crippen LogP contribution in [0.4, 0.5) is 13.2 Å². The molecule has 0 amide bonds. The van der Waals surface area contributed by atoms with Crippen molar-refractivity contribution in [2.75, 3.05) is 13.6 Å². The van der Waals surface area contributed by atoms with Crippen molar-refractivity contribution in [3.63, 3.8) is 0 Å². The zero-order valence-corrected chi connectivity index (χ0v) is 16.7. The van der Waals surface area contributed by atoms with Gasteiger partial charge in [-0.3, -0.25) is 4.98 Å². The second kappa shape index (κ2) is 7.76. The van der Waals surface area contributed by atoms with Gasteiger partial charge in [0.1, 0.15) is 5.69 Å². The predicted octanol–water partition coefficient (Wildman–Crippen LogP) is 5.02. The van der Waals surface area contributed by atoms with Crippen molar-refractivity contribution in [2.24, 2.45) is 0 Å². The highest BCUT2D eigenvalue weighted by Gasteiger charge is 2.32. The lowest BCUT2D eigenvalue weighted by Crippen LogP contribution is -2.27. The molecule has 0 aliphatic carbocycles. The van der Waals surface area contributed by atoms with Gasteiger partial charge in [0.05, 0.1) is 0 Å². The maximum absolute atomic E-state index is 12.7. The Kier molecular flexibility index (Phi) is 5.73. The summed E-state index contributed by atoms with van der Waals surface area (Å²) in [5.74, 6) is 0. The maximum Gasteiger partial charge on any atom is 0.433 e. The molecule has 28 heavy (non-hydrogen) atoms. The normalized spacial score (nSPS) is 14.8. The molecule has 0 saturated heterocycles. The molecule has 0 atom stereocenters. The third-order valence-electron chi connectivity index (χ3n) is 5.34. The molecule has 0 saturated carbocycles. The van der Waals surface area contributed by atoms with Crippen LogP contribution in [0.1, 0.15) is 28.1 Å². The smallest absolute Gasteiger partial charge is 0.344 e. The Balaban J connectivity index is 0.00000225. The molecule has 3 heterocycles. The van der Waals surface area contributed by atoms with Crippen LogP contribution < -0.4 is 0 Å². The van der Waals surface area contributed by atoms with Crippen molar-refractivity contribution in [3.05, 3.63) is 64.6 Å². The van der Waals surface area contributed by atoms with Gasteiger partial charge < -0.3 is 9.47 Å². The van der Waals surface area contributed by atoms with E-state index >= 15 is 0 Å². The van der Waals surface area contributed by atoms with Crippen LogP contribution in [0.3, 0.4) is 0 Å². The highest BCUT2D eigenvalue weighted by molar-refractivity contribution is 5.86. The van der Waals surface area contributed by atoms with Crippen LogP contribution in [0.15, 0.2) is 36.5 Å². The standard InChI is InChI=1S/C21H22F3N3.ClH/c1-14-3-5-18-16(11-14)17-13-26(2)9-8-19(17)27(18)10-7-15-4-6-20(25-12-15)21(22,23)24;/h3-6,11-12H,7-10,13H2,1-2H3;1H. The van der Waals surface area contributed by atoms with Gasteiger partial charge in [-0.25, -0.2) is 0 Å². The highest BCUT2D eigenvalue weighted by atomic mass is 35.5. The number of nitrogens with zero attached hydrogens (tertiary/aromatic N) is 3. The van der Waals surface area contributed by atoms with E-state index < -0.39 is 11.9 Å². The highest BCUT2D eigenvalue weighted by Crippen LogP contribution is 2.32. The zero-order valence-electron chi connectivity index (χ0n) is 15.9. The quantitative estimate of drug-likeness (QED) is 0.606. The number of aryl methyl sites for hydroxylation is 3. The summed E-state index contributed by atoms with van der Waals surface area (Å²) in [7, 11) is 2.13. The van der Waals surface area contributed by atoms with E-state index in [0.29, 0.717) is 6.42 Å². The first-order valence-electron chi connectivity index (χ1n) is 9.14. The fraction of sp³-hybridized carbons (Fsp3) is 0.381. The van der Waals surface area contributed by atoms with Crippen LogP contribution in [-0.4, -0.2) is 28.0 Å². The second-order valence-corrected chi connectivity index (χ2v) is 7.38. The number of hydrogen-bond donors (Lipinski definition) is 0. The third kappa shape index (κ3) is 3.89. The van der Waals surface area contributed by atoms with E-state index in [9.17, 15) is 13.2 Å². The van der Waals surface area contributed by atoms with Gasteiger partial charge in [-0.15, -0.1) is 12.4 Å². The SMILES string of the molecule is Cc1ccc2c(c1)c1c(n2CCc2ccc(C(F)(F)F)nc2)CCN(C)C1.Cl. The van der Waals surface area contributed by atoms with Gasteiger partial charge in [-0.1, -0.05) is 17.7 Å². The van der Waals surface area contributed by atoms with Crippen molar-refractivity contribution < 1.29 is 13.2 Å². The number of rotatable bonds is 3. The molecule has 1 aromatic carbocycles. The zero-order chi connectivity index (χ0) is 19.2. The van der Waals surface area contributed by atoms with Crippen LogP contribution in [0.5, 0.6) is 0 Å². The summed E-state index contributed by atoms with van der Waals surface area (Å²) in [4.78, 5) is 5.91. The number of hydrogen-bond acceptors (Lipinski definition) is 2. The molecule has 7 heteroatoms. The van der Waals surface area contributed by atoms with Crippen LogP contribution in [0.2, 0.25) is 0 Å². The van der Waals surface area contributed by atoms with Crippen LogP contribution >= 0.6 is 12.4 Å². The number of benzene rings is 1. The minimum Gasteiger partial charge on any atom is -0.344 e. The first-order valence-corrected chi connectivity index (χ1v) is 9.14. The minimum atomic E-state index is -4.39. The van der Waals surface area contributed by atoms with Crippen molar-refractivity contribution in [3.8, 4) is 0 Å². The predicted molar refractivity (Wildman–Crippen MR) is 107 cm³/mol. The summed E-state index contributed by atoms with van der Waals surface area (Å²) in [6.45, 7) is 4.80. The summed E-state index contributed by atoms with van der Waals surface area (Å²) >= 11 is 0. The molecule has 1 aliphatic rings. The van der Waals surface area contributed by atoms with Crippen molar-refractivity contribution in [2.45, 2.75) is 39.0 Å². The molecule has 0 fully saturated rings. The lowest BCUT2D eigenvalue weighted by Gasteiger charge is -2.24. The van der Waals surface area contributed by atoms with E-state index in [4.69, 9.17) is 0 Å². The van der Waals surface area contributed by atoms with E-state index in [0.717, 1.165) is 37.7 Å². The number of halogens is 4. The first kappa shape index (κ1) is 20.7. The molecule has 150 valence electrons. The largest absolute Gasteiger partial charge is 0.433 e. The van der Waals surface area contributed by atoms with Gasteiger partial charge in [-0.05, 0) is 49.7 Å². The average Bonchev–Trinajstić information content (AvgIpc) is 2.92. The van der Waals surface area contributed by atoms with E-state index in [-0.39, 0.29) is 12.4 Å². The Bertz CT molecular complexity index is 977. The third-order valence-corrected chi connectivity index (χ3v) is 5.34. The fourth-order valence-electron chi connectivity index (χ4n) is 3.94. The number of aromatic nitrogens is 2. The molecule has 0 radical (unpaired) electrons. The molecule has 2 aromatic heterocycles. The van der Waals surface area contributed by atoms with Crippen molar-refractivity contribution in [1.29, 1.82) is 0 Å². The molecule has 1 aliphatic heterocycles. The van der Waals surface area contributed by atoms with Crippen molar-refractivity contribution >= 4 is 23.3 Å². The summed E-state index contributed by atoms with van der Waals surface area (Å²) in [6, 6.07) is 9.12. The second-order valence-electron chi connectivity index (χ2n) is 7.38. The fourth-order valence-corrected chi connectivity index (χ4v) is 3.94. The molecule has 0 spiro atoms. The van der Waals surface area contributed by atoms with Crippen LogP contribution in [0, 0.1) is 6.92 Å². The lowest BCUT2D eigenvalue weighted by molar-refractivity contribution is -0.141. The Morgan fingerprint density at radius 3 is 2.61 bits per heavy atom. The van der Waals surface area contributed by atoms with Gasteiger partial charge in [0, 0.05) is 48.8 Å². The molecule has 0 unspecified atom stereocenters. The van der Waals surface area contributed by atoms with Gasteiger partial charge in [0.15, 0.2) is 0 Å². The van der Waals surface area contributed by atoms with Crippen LogP contribution in [0.25, 0.3) is 10.9 Å². The van der Waals surface area contributed by atoms with Gasteiger partial charge in [0.25, 0.3) is 0 Å². The Labute approximate surface area is 168 Å². The summed E-state index contributed by atoms with van der Waals surface area (Å²) < 4.78 is 40.4. The first-order chi connectivity index (χ1) is 12.8.